The summed E-state index contributed by atoms with van der Waals surface area (Å²) >= 11 is 0. The lowest BCUT2D eigenvalue weighted by molar-refractivity contribution is -0.163. The van der Waals surface area contributed by atoms with Crippen molar-refractivity contribution in [3.63, 3.8) is 0 Å². The second-order valence-electron chi connectivity index (χ2n) is 10.8. The van der Waals surface area contributed by atoms with E-state index in [1.165, 1.54) is 4.90 Å². The zero-order valence-corrected chi connectivity index (χ0v) is 22.3. The molecule has 9 heteroatoms. The molecule has 198 valence electrons. The van der Waals surface area contributed by atoms with Crippen LogP contribution in [0.2, 0.25) is 0 Å². The van der Waals surface area contributed by atoms with E-state index in [4.69, 9.17) is 15.7 Å². The van der Waals surface area contributed by atoms with Gasteiger partial charge in [-0.3, -0.25) is 4.79 Å². The van der Waals surface area contributed by atoms with E-state index in [1.807, 2.05) is 44.2 Å². The number of amidine groups is 1. The molecule has 1 fully saturated rings. The quantitative estimate of drug-likeness (QED) is 0.137. The summed E-state index contributed by atoms with van der Waals surface area (Å²) in [6.07, 6.45) is 0.268. The summed E-state index contributed by atoms with van der Waals surface area (Å²) in [7, 11) is 0. The molecule has 0 unspecified atom stereocenters. The monoisotopic (exact) mass is 508 g/mol. The molecule has 9 nitrogen and oxygen atoms in total. The molecule has 2 aromatic rings. The Labute approximate surface area is 217 Å². The Hall–Kier alpha value is -3.88. The number of hydrogen-bond donors (Lipinski definition) is 2. The molecule has 1 heterocycles. The number of urea groups is 1. The predicted molar refractivity (Wildman–Crippen MR) is 140 cm³/mol. The summed E-state index contributed by atoms with van der Waals surface area (Å²) in [5, 5.41) is 12.0. The van der Waals surface area contributed by atoms with E-state index in [1.54, 1.807) is 52.0 Å². The van der Waals surface area contributed by atoms with Gasteiger partial charge in [0.2, 0.25) is 0 Å². The van der Waals surface area contributed by atoms with Gasteiger partial charge in [0.05, 0.1) is 0 Å². The van der Waals surface area contributed by atoms with Crippen molar-refractivity contribution >= 4 is 23.7 Å². The van der Waals surface area contributed by atoms with E-state index in [-0.39, 0.29) is 24.7 Å². The van der Waals surface area contributed by atoms with Gasteiger partial charge in [-0.2, -0.15) is 0 Å². The molecule has 0 bridgehead atoms. The molecule has 1 aliphatic heterocycles. The van der Waals surface area contributed by atoms with Gasteiger partial charge >= 0.3 is 12.0 Å². The maximum atomic E-state index is 14.2. The number of nitrogens with zero attached hydrogens (tertiary/aromatic N) is 3. The van der Waals surface area contributed by atoms with E-state index < -0.39 is 35.1 Å². The van der Waals surface area contributed by atoms with Crippen LogP contribution in [0.4, 0.5) is 4.79 Å². The van der Waals surface area contributed by atoms with Crippen LogP contribution in [0.5, 0.6) is 0 Å². The molecular weight excluding hydrogens is 472 g/mol. The van der Waals surface area contributed by atoms with E-state index in [9.17, 15) is 14.4 Å². The minimum Gasteiger partial charge on any atom is -0.458 e. The SMILES string of the molecule is CC(C)C[C@H](C(=O)OC(C)(C)C)N1C(=O)N(Cc2ccccc2)[C@@](C)(c2ccc(C(N)=NO)cc2)C1=O. The lowest BCUT2D eigenvalue weighted by atomic mass is 9.88. The van der Waals surface area contributed by atoms with Crippen molar-refractivity contribution in [2.24, 2.45) is 16.8 Å². The van der Waals surface area contributed by atoms with E-state index in [2.05, 4.69) is 5.16 Å². The normalized spacial score (nSPS) is 19.5. The highest BCUT2D eigenvalue weighted by atomic mass is 16.6. The van der Waals surface area contributed by atoms with Gasteiger partial charge < -0.3 is 20.6 Å². The summed E-state index contributed by atoms with van der Waals surface area (Å²) < 4.78 is 5.64. The first-order valence-electron chi connectivity index (χ1n) is 12.3. The van der Waals surface area contributed by atoms with Crippen molar-refractivity contribution in [3.05, 3.63) is 71.3 Å². The highest BCUT2D eigenvalue weighted by Crippen LogP contribution is 2.40. The third kappa shape index (κ3) is 5.76. The Bertz CT molecular complexity index is 1170. The number of rotatable bonds is 8. The minimum atomic E-state index is -1.41. The van der Waals surface area contributed by atoms with Gasteiger partial charge in [-0.25, -0.2) is 14.5 Å². The second-order valence-corrected chi connectivity index (χ2v) is 10.8. The van der Waals surface area contributed by atoms with E-state index in [0.717, 1.165) is 10.5 Å². The molecule has 2 aromatic carbocycles. The third-order valence-electron chi connectivity index (χ3n) is 6.33. The van der Waals surface area contributed by atoms with Crippen molar-refractivity contribution in [2.45, 2.75) is 71.7 Å². The van der Waals surface area contributed by atoms with Gasteiger partial charge in [0.15, 0.2) is 5.84 Å². The highest BCUT2D eigenvalue weighted by molar-refractivity contribution is 6.09. The summed E-state index contributed by atoms with van der Waals surface area (Å²) in [5.41, 5.74) is 5.35. The Kier molecular flexibility index (Phi) is 7.95. The Balaban J connectivity index is 2.12. The van der Waals surface area contributed by atoms with Crippen LogP contribution in [-0.2, 0) is 26.4 Å². The molecule has 0 spiro atoms. The minimum absolute atomic E-state index is 0.0209. The molecule has 0 saturated carbocycles. The Morgan fingerprint density at radius 3 is 2.19 bits per heavy atom. The zero-order chi connectivity index (χ0) is 27.5. The average Bonchev–Trinajstić information content (AvgIpc) is 3.02. The molecule has 3 amide bonds. The number of carbonyl (C=O) groups is 3. The van der Waals surface area contributed by atoms with Crippen LogP contribution < -0.4 is 5.73 Å². The first-order chi connectivity index (χ1) is 17.3. The van der Waals surface area contributed by atoms with Crippen LogP contribution in [0.15, 0.2) is 59.8 Å². The van der Waals surface area contributed by atoms with Crippen LogP contribution in [0.3, 0.4) is 0 Å². The number of ether oxygens (including phenoxy) is 1. The van der Waals surface area contributed by atoms with Crippen LogP contribution in [-0.4, -0.2) is 50.4 Å². The lowest BCUT2D eigenvalue weighted by Gasteiger charge is -2.32. The predicted octanol–water partition coefficient (Wildman–Crippen LogP) is 4.22. The molecule has 0 radical (unpaired) electrons. The van der Waals surface area contributed by atoms with E-state index in [0.29, 0.717) is 11.1 Å². The van der Waals surface area contributed by atoms with Crippen LogP contribution in [0.25, 0.3) is 0 Å². The molecule has 1 saturated heterocycles. The molecule has 37 heavy (non-hydrogen) atoms. The first kappa shape index (κ1) is 27.7. The summed E-state index contributed by atoms with van der Waals surface area (Å²) in [4.78, 5) is 44.0. The molecular formula is C28H36N4O5. The molecule has 3 rings (SSSR count). The summed E-state index contributed by atoms with van der Waals surface area (Å²) in [6.45, 7) is 10.9. The topological polar surface area (TPSA) is 126 Å². The maximum Gasteiger partial charge on any atom is 0.329 e. The number of nitrogens with two attached hydrogens (primary N) is 1. The van der Waals surface area contributed by atoms with Gasteiger partial charge in [-0.1, -0.05) is 73.6 Å². The summed E-state index contributed by atoms with van der Waals surface area (Å²) in [6, 6.07) is 14.3. The van der Waals surface area contributed by atoms with Crippen molar-refractivity contribution in [1.82, 2.24) is 9.80 Å². The number of imide groups is 1. The molecule has 0 aliphatic carbocycles. The summed E-state index contributed by atoms with van der Waals surface area (Å²) in [5.74, 6) is -1.18. The number of carbonyl (C=O) groups excluding carboxylic acids is 3. The average molecular weight is 509 g/mol. The van der Waals surface area contributed by atoms with E-state index >= 15 is 0 Å². The molecule has 0 aromatic heterocycles. The maximum absolute atomic E-state index is 14.2. The van der Waals surface area contributed by atoms with Crippen molar-refractivity contribution in [2.75, 3.05) is 0 Å². The number of esters is 1. The van der Waals surface area contributed by atoms with Crippen LogP contribution in [0.1, 0.15) is 64.7 Å². The lowest BCUT2D eigenvalue weighted by Crippen LogP contribution is -2.49. The van der Waals surface area contributed by atoms with Gasteiger partial charge in [0.25, 0.3) is 5.91 Å². The number of benzene rings is 2. The second kappa shape index (κ2) is 10.6. The van der Waals surface area contributed by atoms with Gasteiger partial charge in [0, 0.05) is 12.1 Å². The fraction of sp³-hybridized carbons (Fsp3) is 0.429. The van der Waals surface area contributed by atoms with Crippen molar-refractivity contribution in [1.29, 1.82) is 0 Å². The van der Waals surface area contributed by atoms with Crippen LogP contribution in [0, 0.1) is 5.92 Å². The Morgan fingerprint density at radius 1 is 1.08 bits per heavy atom. The van der Waals surface area contributed by atoms with Crippen molar-refractivity contribution in [3.8, 4) is 0 Å². The van der Waals surface area contributed by atoms with Crippen molar-refractivity contribution < 1.29 is 24.3 Å². The van der Waals surface area contributed by atoms with Gasteiger partial charge in [-0.15, -0.1) is 0 Å². The first-order valence-corrected chi connectivity index (χ1v) is 12.3. The number of hydrogen-bond acceptors (Lipinski definition) is 6. The zero-order valence-electron chi connectivity index (χ0n) is 22.3. The molecule has 1 aliphatic rings. The largest absolute Gasteiger partial charge is 0.458 e. The molecule has 3 N–H and O–H groups in total. The number of amides is 3. The fourth-order valence-corrected chi connectivity index (χ4v) is 4.45. The number of oxime groups is 1. The molecule has 2 atom stereocenters. The standard InChI is InChI=1S/C28H36N4O5/c1-18(2)16-22(24(33)37-27(3,4)5)32-25(34)28(6,21-14-12-20(13-15-21)23(29)30-36)31(26(32)35)17-19-10-8-7-9-11-19/h7-15,18,22,36H,16-17H2,1-6H3,(H2,29,30)/t22-,28+/m1/s1. The van der Waals surface area contributed by atoms with Crippen LogP contribution >= 0.6 is 0 Å². The Morgan fingerprint density at radius 2 is 1.68 bits per heavy atom. The highest BCUT2D eigenvalue weighted by Gasteiger charge is 2.58. The fourth-order valence-electron chi connectivity index (χ4n) is 4.45. The third-order valence-corrected chi connectivity index (χ3v) is 6.33. The smallest absolute Gasteiger partial charge is 0.329 e. The van der Waals surface area contributed by atoms with Gasteiger partial charge in [-0.05, 0) is 51.2 Å². The van der Waals surface area contributed by atoms with Gasteiger partial charge in [0.1, 0.15) is 17.2 Å².